The smallest absolute Gasteiger partial charge is 0.317 e. The third-order valence-electron chi connectivity index (χ3n) is 3.81. The highest BCUT2D eigenvalue weighted by Gasteiger charge is 2.25. The zero-order valence-corrected chi connectivity index (χ0v) is 14.5. The summed E-state index contributed by atoms with van der Waals surface area (Å²) in [5, 5.41) is 22.9. The minimum atomic E-state index is -0.573. The van der Waals surface area contributed by atoms with E-state index >= 15 is 0 Å². The molecule has 0 radical (unpaired) electrons. The van der Waals surface area contributed by atoms with Crippen LogP contribution in [0, 0.1) is 17.0 Å². The first-order chi connectivity index (χ1) is 11.9. The quantitative estimate of drug-likeness (QED) is 0.314. The van der Waals surface area contributed by atoms with E-state index in [9.17, 15) is 10.1 Å². The highest BCUT2D eigenvalue weighted by Crippen LogP contribution is 2.38. The van der Waals surface area contributed by atoms with Gasteiger partial charge in [-0.2, -0.15) is 0 Å². The Bertz CT molecular complexity index is 997. The number of hydrogen-bond donors (Lipinski definition) is 1. The maximum absolute atomic E-state index is 11.3. The number of aromatic nitrogens is 2. The van der Waals surface area contributed by atoms with Crippen molar-refractivity contribution in [1.29, 1.82) is 0 Å². The van der Waals surface area contributed by atoms with Crippen molar-refractivity contribution in [3.63, 3.8) is 0 Å². The van der Waals surface area contributed by atoms with Gasteiger partial charge in [-0.1, -0.05) is 52.6 Å². The van der Waals surface area contributed by atoms with Crippen LogP contribution < -0.4 is 0 Å². The summed E-state index contributed by atoms with van der Waals surface area (Å²) >= 11 is 12.0. The van der Waals surface area contributed by atoms with E-state index in [0.717, 1.165) is 11.1 Å². The predicted octanol–water partition coefficient (Wildman–Crippen LogP) is 4.42. The first-order valence-electron chi connectivity index (χ1n) is 7.18. The molecule has 1 aromatic heterocycles. The molecule has 25 heavy (non-hydrogen) atoms. The molecule has 1 N–H and O–H groups in total. The lowest BCUT2D eigenvalue weighted by Crippen LogP contribution is -2.02. The van der Waals surface area contributed by atoms with E-state index in [0.29, 0.717) is 17.9 Å². The third-order valence-corrected chi connectivity index (χ3v) is 4.59. The Morgan fingerprint density at radius 1 is 1.36 bits per heavy atom. The van der Waals surface area contributed by atoms with Crippen molar-refractivity contribution >= 4 is 46.1 Å². The topological polar surface area (TPSA) is 93.5 Å². The highest BCUT2D eigenvalue weighted by molar-refractivity contribution is 6.44. The van der Waals surface area contributed by atoms with E-state index in [4.69, 9.17) is 28.4 Å². The number of fused-ring (bicyclic) bond motifs is 1. The minimum Gasteiger partial charge on any atom is -0.411 e. The maximum Gasteiger partial charge on any atom is 0.317 e. The van der Waals surface area contributed by atoms with Crippen molar-refractivity contribution in [1.82, 2.24) is 9.55 Å². The highest BCUT2D eigenvalue weighted by atomic mass is 35.5. The monoisotopic (exact) mass is 378 g/mol. The van der Waals surface area contributed by atoms with Crippen molar-refractivity contribution in [3.8, 4) is 0 Å². The van der Waals surface area contributed by atoms with Crippen molar-refractivity contribution in [2.75, 3.05) is 0 Å². The van der Waals surface area contributed by atoms with E-state index in [1.807, 2.05) is 16.7 Å². The van der Waals surface area contributed by atoms with Crippen LogP contribution in [0.3, 0.4) is 0 Å². The minimum absolute atomic E-state index is 0.108. The first-order valence-corrected chi connectivity index (χ1v) is 7.93. The summed E-state index contributed by atoms with van der Waals surface area (Å²) in [7, 11) is 0. The molecule has 0 aliphatic rings. The summed E-state index contributed by atoms with van der Waals surface area (Å²) in [4.78, 5) is 15.1. The van der Waals surface area contributed by atoms with Crippen LogP contribution >= 0.6 is 23.2 Å². The standard InChI is InChI=1S/C16H12Cl2N4O3/c1-9-20-15-13(6-12(17)14(18)16(15)22(24)25)21(9)8-11-4-2-10(3-5-11)7-19-23/h2-7,23H,8H2,1H3/b19-7+. The number of halogens is 2. The van der Waals surface area contributed by atoms with E-state index < -0.39 is 4.92 Å². The average molecular weight is 379 g/mol. The van der Waals surface area contributed by atoms with Gasteiger partial charge in [-0.15, -0.1) is 0 Å². The number of hydrogen-bond acceptors (Lipinski definition) is 5. The van der Waals surface area contributed by atoms with Crippen molar-refractivity contribution < 1.29 is 10.1 Å². The molecule has 0 saturated heterocycles. The molecule has 0 aliphatic carbocycles. The summed E-state index contributed by atoms with van der Waals surface area (Å²) in [5.74, 6) is 0.609. The lowest BCUT2D eigenvalue weighted by Gasteiger charge is -2.08. The van der Waals surface area contributed by atoms with Gasteiger partial charge in [0, 0.05) is 6.54 Å². The lowest BCUT2D eigenvalue weighted by atomic mass is 10.1. The second-order valence-electron chi connectivity index (χ2n) is 5.38. The van der Waals surface area contributed by atoms with Gasteiger partial charge >= 0.3 is 5.69 Å². The largest absolute Gasteiger partial charge is 0.411 e. The van der Waals surface area contributed by atoms with Crippen LogP contribution in [0.4, 0.5) is 5.69 Å². The third kappa shape index (κ3) is 3.16. The molecule has 3 aromatic rings. The van der Waals surface area contributed by atoms with Gasteiger partial charge in [0.05, 0.1) is 21.7 Å². The number of rotatable bonds is 4. The molecule has 1 heterocycles. The zero-order valence-electron chi connectivity index (χ0n) is 13.0. The molecular formula is C16H12Cl2N4O3. The second kappa shape index (κ2) is 6.70. The van der Waals surface area contributed by atoms with Crippen molar-refractivity contribution in [3.05, 3.63) is 67.4 Å². The lowest BCUT2D eigenvalue weighted by molar-refractivity contribution is -0.383. The molecule has 0 fully saturated rings. The van der Waals surface area contributed by atoms with Crippen LogP contribution in [0.5, 0.6) is 0 Å². The normalized spacial score (nSPS) is 11.5. The summed E-state index contributed by atoms with van der Waals surface area (Å²) < 4.78 is 1.83. The van der Waals surface area contributed by atoms with Gasteiger partial charge in [0.25, 0.3) is 0 Å². The second-order valence-corrected chi connectivity index (χ2v) is 6.16. The Morgan fingerprint density at radius 2 is 2.04 bits per heavy atom. The van der Waals surface area contributed by atoms with E-state index in [1.165, 1.54) is 6.21 Å². The molecule has 0 unspecified atom stereocenters. The van der Waals surface area contributed by atoms with E-state index in [2.05, 4.69) is 10.1 Å². The van der Waals surface area contributed by atoms with Gasteiger partial charge in [-0.25, -0.2) is 4.98 Å². The van der Waals surface area contributed by atoms with Gasteiger partial charge in [-0.05, 0) is 24.1 Å². The zero-order chi connectivity index (χ0) is 18.1. The van der Waals surface area contributed by atoms with Crippen LogP contribution in [-0.2, 0) is 6.54 Å². The molecule has 0 bridgehead atoms. The SMILES string of the molecule is Cc1nc2c([N+](=O)[O-])c(Cl)c(Cl)cc2n1Cc1ccc(/C=N/O)cc1. The van der Waals surface area contributed by atoms with Gasteiger partial charge < -0.3 is 9.77 Å². The summed E-state index contributed by atoms with van der Waals surface area (Å²) in [6.07, 6.45) is 1.33. The number of aryl methyl sites for hydroxylation is 1. The van der Waals surface area contributed by atoms with Gasteiger partial charge in [-0.3, -0.25) is 10.1 Å². The molecule has 7 nitrogen and oxygen atoms in total. The Labute approximate surface area is 152 Å². The number of nitrogens with zero attached hydrogens (tertiary/aromatic N) is 4. The molecule has 0 amide bonds. The van der Waals surface area contributed by atoms with E-state index in [1.54, 1.807) is 25.1 Å². The van der Waals surface area contributed by atoms with Crippen molar-refractivity contribution in [2.24, 2.45) is 5.16 Å². The predicted molar refractivity (Wildman–Crippen MR) is 96.1 cm³/mol. The van der Waals surface area contributed by atoms with E-state index in [-0.39, 0.29) is 21.2 Å². The molecule has 9 heteroatoms. The number of oxime groups is 1. The Hall–Kier alpha value is -2.64. The summed E-state index contributed by atoms with van der Waals surface area (Å²) in [5.41, 5.74) is 2.16. The maximum atomic E-state index is 11.3. The van der Waals surface area contributed by atoms with Crippen LogP contribution in [0.1, 0.15) is 17.0 Å². The molecule has 0 aliphatic heterocycles. The first kappa shape index (κ1) is 17.2. The molecule has 0 saturated carbocycles. The van der Waals surface area contributed by atoms with Gasteiger partial charge in [0.1, 0.15) is 10.8 Å². The Morgan fingerprint density at radius 3 is 2.64 bits per heavy atom. The fourth-order valence-corrected chi connectivity index (χ4v) is 3.03. The average Bonchev–Trinajstić information content (AvgIpc) is 2.86. The summed E-state index contributed by atoms with van der Waals surface area (Å²) in [6.45, 7) is 2.21. The van der Waals surface area contributed by atoms with Crippen molar-refractivity contribution in [2.45, 2.75) is 13.5 Å². The molecule has 3 rings (SSSR count). The van der Waals surface area contributed by atoms with Gasteiger partial charge in [0.2, 0.25) is 0 Å². The fourth-order valence-electron chi connectivity index (χ4n) is 2.63. The fraction of sp³-hybridized carbons (Fsp3) is 0.125. The summed E-state index contributed by atoms with van der Waals surface area (Å²) in [6, 6.07) is 8.92. The van der Waals surface area contributed by atoms with Crippen LogP contribution in [0.25, 0.3) is 11.0 Å². The molecule has 2 aromatic carbocycles. The van der Waals surface area contributed by atoms with Crippen LogP contribution in [-0.4, -0.2) is 25.9 Å². The molecule has 0 spiro atoms. The molecule has 128 valence electrons. The number of nitro benzene ring substituents is 1. The van der Waals surface area contributed by atoms with Crippen LogP contribution in [0.2, 0.25) is 10.0 Å². The number of benzene rings is 2. The molecule has 0 atom stereocenters. The Balaban J connectivity index is 2.10. The number of nitro groups is 1. The Kier molecular flexibility index (Phi) is 4.61. The van der Waals surface area contributed by atoms with Gasteiger partial charge in [0.15, 0.2) is 5.52 Å². The number of imidazole rings is 1. The van der Waals surface area contributed by atoms with Crippen LogP contribution in [0.15, 0.2) is 35.5 Å². The molecular weight excluding hydrogens is 367 g/mol.